The third-order valence-corrected chi connectivity index (χ3v) is 5.02. The van der Waals surface area contributed by atoms with E-state index < -0.39 is 0 Å². The van der Waals surface area contributed by atoms with E-state index >= 15 is 0 Å². The van der Waals surface area contributed by atoms with Crippen molar-refractivity contribution in [1.29, 1.82) is 0 Å². The van der Waals surface area contributed by atoms with Crippen molar-refractivity contribution in [2.45, 2.75) is 33.7 Å². The number of guanidine groups is 1. The summed E-state index contributed by atoms with van der Waals surface area (Å²) in [6, 6.07) is 7.81. The van der Waals surface area contributed by atoms with Crippen molar-refractivity contribution in [2.75, 3.05) is 45.2 Å². The zero-order valence-corrected chi connectivity index (χ0v) is 20.6. The Morgan fingerprint density at radius 1 is 1.17 bits per heavy atom. The summed E-state index contributed by atoms with van der Waals surface area (Å²) in [5.74, 6) is 0.819. The molecule has 1 saturated heterocycles. The quantitative estimate of drug-likeness (QED) is 0.335. The van der Waals surface area contributed by atoms with Crippen LogP contribution in [0.15, 0.2) is 29.3 Å². The Morgan fingerprint density at radius 3 is 2.43 bits per heavy atom. The van der Waals surface area contributed by atoms with Crippen LogP contribution in [0.25, 0.3) is 0 Å². The molecule has 8 nitrogen and oxygen atoms in total. The van der Waals surface area contributed by atoms with Crippen LogP contribution in [0.5, 0.6) is 0 Å². The lowest BCUT2D eigenvalue weighted by molar-refractivity contribution is -0.119. The Hall–Kier alpha value is -2.04. The molecular weight excluding hydrogens is 497 g/mol. The van der Waals surface area contributed by atoms with Crippen LogP contribution in [0.3, 0.4) is 0 Å². The first-order valence-electron chi connectivity index (χ1n) is 10.3. The first-order chi connectivity index (χ1) is 14.0. The summed E-state index contributed by atoms with van der Waals surface area (Å²) >= 11 is 0. The van der Waals surface area contributed by atoms with Gasteiger partial charge in [0.1, 0.15) is 0 Å². The third kappa shape index (κ3) is 7.66. The minimum atomic E-state index is -0.258. The summed E-state index contributed by atoms with van der Waals surface area (Å²) in [7, 11) is 1.75. The number of piperazine rings is 1. The van der Waals surface area contributed by atoms with E-state index in [2.05, 4.69) is 20.5 Å². The van der Waals surface area contributed by atoms with Crippen LogP contribution in [0.1, 0.15) is 32.8 Å². The molecule has 2 amide bonds. The van der Waals surface area contributed by atoms with Crippen molar-refractivity contribution in [2.24, 2.45) is 10.9 Å². The highest BCUT2D eigenvalue weighted by atomic mass is 127. The van der Waals surface area contributed by atoms with Crippen LogP contribution >= 0.6 is 24.0 Å². The molecule has 1 aromatic carbocycles. The molecule has 1 fully saturated rings. The molecule has 1 aliphatic heterocycles. The summed E-state index contributed by atoms with van der Waals surface area (Å²) in [6.45, 7) is 9.33. The summed E-state index contributed by atoms with van der Waals surface area (Å²) in [6.07, 6.45) is 0.554. The zero-order chi connectivity index (χ0) is 21.2. The molecule has 168 valence electrons. The van der Waals surface area contributed by atoms with Gasteiger partial charge in [0.2, 0.25) is 5.91 Å². The molecular formula is C21H34IN5O3. The number of rotatable bonds is 6. The van der Waals surface area contributed by atoms with Crippen molar-refractivity contribution in [1.82, 2.24) is 15.1 Å². The zero-order valence-electron chi connectivity index (χ0n) is 18.3. The maximum absolute atomic E-state index is 12.1. The highest BCUT2D eigenvalue weighted by Crippen LogP contribution is 2.13. The van der Waals surface area contributed by atoms with Gasteiger partial charge in [-0.1, -0.05) is 26.0 Å². The van der Waals surface area contributed by atoms with E-state index in [0.717, 1.165) is 23.6 Å². The molecule has 1 atom stereocenters. The van der Waals surface area contributed by atoms with E-state index in [-0.39, 0.29) is 41.9 Å². The molecule has 0 aromatic heterocycles. The first kappa shape index (κ1) is 26.0. The summed E-state index contributed by atoms with van der Waals surface area (Å²) < 4.78 is 5.06. The number of hydrogen-bond acceptors (Lipinski definition) is 4. The van der Waals surface area contributed by atoms with E-state index in [1.54, 1.807) is 11.9 Å². The van der Waals surface area contributed by atoms with Crippen LogP contribution in [0, 0.1) is 5.92 Å². The molecule has 9 heteroatoms. The third-order valence-electron chi connectivity index (χ3n) is 5.02. The second-order valence-corrected chi connectivity index (χ2v) is 7.07. The number of carbonyl (C=O) groups is 2. The van der Waals surface area contributed by atoms with Gasteiger partial charge in [-0.25, -0.2) is 4.79 Å². The fourth-order valence-electron chi connectivity index (χ4n) is 3.04. The van der Waals surface area contributed by atoms with Gasteiger partial charge in [-0.2, -0.15) is 0 Å². The summed E-state index contributed by atoms with van der Waals surface area (Å²) in [4.78, 5) is 32.1. The number of benzene rings is 1. The van der Waals surface area contributed by atoms with Gasteiger partial charge >= 0.3 is 6.09 Å². The largest absolute Gasteiger partial charge is 0.450 e. The number of amides is 2. The molecule has 1 unspecified atom stereocenters. The first-order valence-corrected chi connectivity index (χ1v) is 10.3. The van der Waals surface area contributed by atoms with Gasteiger partial charge in [-0.05, 0) is 31.0 Å². The molecule has 1 heterocycles. The smallest absolute Gasteiger partial charge is 0.409 e. The van der Waals surface area contributed by atoms with Crippen LogP contribution in [-0.4, -0.2) is 67.6 Å². The van der Waals surface area contributed by atoms with Gasteiger partial charge in [0.15, 0.2) is 5.96 Å². The molecule has 0 bridgehead atoms. The van der Waals surface area contributed by atoms with Gasteiger partial charge < -0.3 is 25.2 Å². The molecule has 1 aromatic rings. The van der Waals surface area contributed by atoms with E-state index in [4.69, 9.17) is 4.74 Å². The second kappa shape index (κ2) is 13.3. The molecule has 2 N–H and O–H groups in total. The van der Waals surface area contributed by atoms with Gasteiger partial charge in [-0.3, -0.25) is 9.79 Å². The lowest BCUT2D eigenvalue weighted by atomic mass is 10.1. The average Bonchev–Trinajstić information content (AvgIpc) is 2.74. The van der Waals surface area contributed by atoms with Gasteiger partial charge in [-0.15, -0.1) is 24.0 Å². The van der Waals surface area contributed by atoms with Crippen molar-refractivity contribution in [3.05, 3.63) is 29.8 Å². The van der Waals surface area contributed by atoms with Gasteiger partial charge in [0.05, 0.1) is 6.61 Å². The Morgan fingerprint density at radius 2 is 1.83 bits per heavy atom. The standard InChI is InChI=1S/C21H33N5O3.HI/c1-5-16(3)19(27)24-18-9-7-8-17(14-18)15-23-20(22-4)25-10-12-26(13-11-25)21(28)29-6-2;/h7-9,14,16H,5-6,10-13,15H2,1-4H3,(H,22,23)(H,24,27);1H. The topological polar surface area (TPSA) is 86.3 Å². The monoisotopic (exact) mass is 531 g/mol. The minimum absolute atomic E-state index is 0. The van der Waals surface area contributed by atoms with E-state index in [1.807, 2.05) is 45.0 Å². The summed E-state index contributed by atoms with van der Waals surface area (Å²) in [5, 5.41) is 6.33. The van der Waals surface area contributed by atoms with Crippen molar-refractivity contribution < 1.29 is 14.3 Å². The fourth-order valence-corrected chi connectivity index (χ4v) is 3.04. The lowest BCUT2D eigenvalue weighted by Crippen LogP contribution is -2.53. The molecule has 1 aliphatic rings. The Kier molecular flexibility index (Phi) is 11.5. The number of aliphatic imine (C=N–C) groups is 1. The number of hydrogen-bond donors (Lipinski definition) is 2. The van der Waals surface area contributed by atoms with Crippen LogP contribution in [0.2, 0.25) is 0 Å². The van der Waals surface area contributed by atoms with Crippen molar-refractivity contribution in [3.8, 4) is 0 Å². The highest BCUT2D eigenvalue weighted by Gasteiger charge is 2.23. The predicted octanol–water partition coefficient (Wildman–Crippen LogP) is 3.14. The molecule has 0 radical (unpaired) electrons. The Labute approximate surface area is 196 Å². The van der Waals surface area contributed by atoms with Crippen LogP contribution in [-0.2, 0) is 16.1 Å². The maximum Gasteiger partial charge on any atom is 0.409 e. The van der Waals surface area contributed by atoms with Crippen LogP contribution in [0.4, 0.5) is 10.5 Å². The predicted molar refractivity (Wildman–Crippen MR) is 130 cm³/mol. The number of halogens is 1. The van der Waals surface area contributed by atoms with Crippen molar-refractivity contribution in [3.63, 3.8) is 0 Å². The number of ether oxygens (including phenoxy) is 1. The summed E-state index contributed by atoms with van der Waals surface area (Å²) in [5.41, 5.74) is 1.85. The Balaban J connectivity index is 0.00000450. The number of nitrogens with one attached hydrogen (secondary N) is 2. The Bertz CT molecular complexity index is 720. The normalized spacial score (nSPS) is 15.1. The van der Waals surface area contributed by atoms with E-state index in [9.17, 15) is 9.59 Å². The lowest BCUT2D eigenvalue weighted by Gasteiger charge is -2.35. The number of anilines is 1. The highest BCUT2D eigenvalue weighted by molar-refractivity contribution is 14.0. The molecule has 30 heavy (non-hydrogen) atoms. The number of nitrogens with zero attached hydrogens (tertiary/aromatic N) is 3. The minimum Gasteiger partial charge on any atom is -0.450 e. The fraction of sp³-hybridized carbons (Fsp3) is 0.571. The molecule has 0 saturated carbocycles. The maximum atomic E-state index is 12.1. The molecule has 2 rings (SSSR count). The van der Waals surface area contributed by atoms with Gasteiger partial charge in [0, 0.05) is 51.4 Å². The molecule has 0 aliphatic carbocycles. The van der Waals surface area contributed by atoms with E-state index in [0.29, 0.717) is 39.3 Å². The van der Waals surface area contributed by atoms with E-state index in [1.165, 1.54) is 0 Å². The van der Waals surface area contributed by atoms with Gasteiger partial charge in [0.25, 0.3) is 0 Å². The van der Waals surface area contributed by atoms with Crippen molar-refractivity contribution >= 4 is 47.6 Å². The second-order valence-electron chi connectivity index (χ2n) is 7.07. The average molecular weight is 531 g/mol. The SMILES string of the molecule is CCOC(=O)N1CCN(C(=NC)NCc2cccc(NC(=O)C(C)CC)c2)CC1.I. The van der Waals surface area contributed by atoms with Crippen LogP contribution < -0.4 is 10.6 Å². The molecule has 0 spiro atoms. The number of carbonyl (C=O) groups excluding carboxylic acids is 2.